The van der Waals surface area contributed by atoms with E-state index >= 15 is 0 Å². The van der Waals surface area contributed by atoms with Gasteiger partial charge in [-0.15, -0.1) is 5.10 Å². The molecule has 0 amide bonds. The van der Waals surface area contributed by atoms with Crippen molar-refractivity contribution in [3.8, 4) is 0 Å². The van der Waals surface area contributed by atoms with Crippen molar-refractivity contribution < 1.29 is 13.2 Å². The molecule has 2 aromatic heterocycles. The smallest absolute Gasteiger partial charge is 0.173 e. The van der Waals surface area contributed by atoms with E-state index in [0.29, 0.717) is 18.9 Å². The standard InChI is InChI=1S/C24H25F2N5O/c1-24(2,3)31-23(27-28-29-31)22(18-8-12-20(26)13-9-18)30(16-21-5-4-14-32-21)15-17-6-10-19(25)11-7-17/h4-14,22H,15-16H2,1-3H3/t22-/m0/s1. The first kappa shape index (κ1) is 21.8. The molecule has 4 rings (SSSR count). The third-order valence-electron chi connectivity index (χ3n) is 5.16. The Bertz CT molecular complexity index is 1130. The second kappa shape index (κ2) is 9.00. The molecule has 0 unspecified atom stereocenters. The highest BCUT2D eigenvalue weighted by Crippen LogP contribution is 2.32. The number of benzene rings is 2. The predicted octanol–water partition coefficient (Wildman–Crippen LogP) is 5.09. The molecule has 0 spiro atoms. The van der Waals surface area contributed by atoms with Gasteiger partial charge in [-0.3, -0.25) is 4.90 Å². The van der Waals surface area contributed by atoms with Crippen LogP contribution in [-0.2, 0) is 18.6 Å². The molecule has 0 saturated heterocycles. The van der Waals surface area contributed by atoms with Crippen LogP contribution in [0.4, 0.5) is 8.78 Å². The zero-order chi connectivity index (χ0) is 22.7. The monoisotopic (exact) mass is 437 g/mol. The van der Waals surface area contributed by atoms with E-state index in [-0.39, 0.29) is 17.2 Å². The zero-order valence-electron chi connectivity index (χ0n) is 18.2. The van der Waals surface area contributed by atoms with Crippen LogP contribution in [0.3, 0.4) is 0 Å². The Morgan fingerprint density at radius 3 is 2.19 bits per heavy atom. The quantitative estimate of drug-likeness (QED) is 0.403. The van der Waals surface area contributed by atoms with Crippen molar-refractivity contribution in [1.29, 1.82) is 0 Å². The van der Waals surface area contributed by atoms with E-state index in [4.69, 9.17) is 4.42 Å². The van der Waals surface area contributed by atoms with Gasteiger partial charge in [-0.05, 0) is 78.7 Å². The molecule has 0 N–H and O–H groups in total. The summed E-state index contributed by atoms with van der Waals surface area (Å²) in [6.07, 6.45) is 1.62. The minimum absolute atomic E-state index is 0.293. The van der Waals surface area contributed by atoms with Crippen LogP contribution in [0, 0.1) is 11.6 Å². The van der Waals surface area contributed by atoms with E-state index in [1.165, 1.54) is 24.3 Å². The first-order chi connectivity index (χ1) is 15.3. The Labute approximate surface area is 185 Å². The Balaban J connectivity index is 1.82. The SMILES string of the molecule is CC(C)(C)n1nnnc1[C@H](c1ccc(F)cc1)N(Cc1ccc(F)cc1)Cc1ccco1. The molecular weight excluding hydrogens is 412 g/mol. The molecule has 0 bridgehead atoms. The minimum Gasteiger partial charge on any atom is -0.468 e. The average molecular weight is 437 g/mol. The van der Waals surface area contributed by atoms with Crippen molar-refractivity contribution in [2.75, 3.05) is 0 Å². The lowest BCUT2D eigenvalue weighted by Crippen LogP contribution is -2.34. The summed E-state index contributed by atoms with van der Waals surface area (Å²) in [6.45, 7) is 6.98. The van der Waals surface area contributed by atoms with Crippen molar-refractivity contribution in [2.24, 2.45) is 0 Å². The molecule has 8 heteroatoms. The van der Waals surface area contributed by atoms with Crippen LogP contribution in [0.1, 0.15) is 49.5 Å². The normalized spacial score (nSPS) is 12.9. The molecule has 0 aliphatic heterocycles. The third kappa shape index (κ3) is 4.91. The van der Waals surface area contributed by atoms with Crippen LogP contribution in [0.25, 0.3) is 0 Å². The van der Waals surface area contributed by atoms with Crippen LogP contribution in [-0.4, -0.2) is 25.1 Å². The van der Waals surface area contributed by atoms with Gasteiger partial charge in [0.05, 0.1) is 24.4 Å². The first-order valence-electron chi connectivity index (χ1n) is 10.4. The van der Waals surface area contributed by atoms with E-state index in [0.717, 1.165) is 16.9 Å². The molecule has 0 aliphatic carbocycles. The molecule has 0 radical (unpaired) electrons. The highest BCUT2D eigenvalue weighted by molar-refractivity contribution is 5.27. The molecule has 2 aromatic carbocycles. The lowest BCUT2D eigenvalue weighted by Gasteiger charge is -2.32. The highest BCUT2D eigenvalue weighted by atomic mass is 19.1. The maximum Gasteiger partial charge on any atom is 0.173 e. The molecule has 32 heavy (non-hydrogen) atoms. The fourth-order valence-corrected chi connectivity index (χ4v) is 3.68. The first-order valence-corrected chi connectivity index (χ1v) is 10.4. The average Bonchev–Trinajstić information content (AvgIpc) is 3.43. The number of furan rings is 1. The molecule has 0 fully saturated rings. The van der Waals surface area contributed by atoms with E-state index in [1.807, 2.05) is 32.9 Å². The Hall–Kier alpha value is -3.39. The van der Waals surface area contributed by atoms with E-state index in [9.17, 15) is 8.78 Å². The number of halogens is 2. The van der Waals surface area contributed by atoms with Gasteiger partial charge in [0.25, 0.3) is 0 Å². The van der Waals surface area contributed by atoms with Crippen LogP contribution < -0.4 is 0 Å². The van der Waals surface area contributed by atoms with Crippen LogP contribution in [0.15, 0.2) is 71.3 Å². The molecule has 2 heterocycles. The maximum absolute atomic E-state index is 13.7. The van der Waals surface area contributed by atoms with E-state index in [2.05, 4.69) is 20.4 Å². The summed E-state index contributed by atoms with van der Waals surface area (Å²) in [5, 5.41) is 12.5. The van der Waals surface area contributed by atoms with Gasteiger partial charge < -0.3 is 4.42 Å². The van der Waals surface area contributed by atoms with Crippen molar-refractivity contribution >= 4 is 0 Å². The predicted molar refractivity (Wildman–Crippen MR) is 115 cm³/mol. The number of rotatable bonds is 7. The summed E-state index contributed by atoms with van der Waals surface area (Å²) in [7, 11) is 0. The molecule has 4 aromatic rings. The summed E-state index contributed by atoms with van der Waals surface area (Å²) >= 11 is 0. The lowest BCUT2D eigenvalue weighted by molar-refractivity contribution is 0.172. The minimum atomic E-state index is -0.403. The van der Waals surface area contributed by atoms with Crippen LogP contribution >= 0.6 is 0 Å². The summed E-state index contributed by atoms with van der Waals surface area (Å²) in [5.74, 6) is 0.768. The van der Waals surface area contributed by atoms with Crippen LogP contribution in [0.5, 0.6) is 0 Å². The summed E-state index contributed by atoms with van der Waals surface area (Å²) in [6, 6.07) is 16.0. The summed E-state index contributed by atoms with van der Waals surface area (Å²) in [4.78, 5) is 2.13. The van der Waals surface area contributed by atoms with Gasteiger partial charge in [0.2, 0.25) is 0 Å². The van der Waals surface area contributed by atoms with Crippen LogP contribution in [0.2, 0.25) is 0 Å². The zero-order valence-corrected chi connectivity index (χ0v) is 18.2. The summed E-state index contributed by atoms with van der Waals surface area (Å²) < 4.78 is 34.6. The Morgan fingerprint density at radius 1 is 0.938 bits per heavy atom. The largest absolute Gasteiger partial charge is 0.468 e. The van der Waals surface area contributed by atoms with Gasteiger partial charge in [0.1, 0.15) is 17.4 Å². The van der Waals surface area contributed by atoms with Gasteiger partial charge in [-0.2, -0.15) is 0 Å². The molecule has 6 nitrogen and oxygen atoms in total. The lowest BCUT2D eigenvalue weighted by atomic mass is 10.0. The number of aromatic nitrogens is 4. The fourth-order valence-electron chi connectivity index (χ4n) is 3.68. The Kier molecular flexibility index (Phi) is 6.14. The topological polar surface area (TPSA) is 60.0 Å². The van der Waals surface area contributed by atoms with Gasteiger partial charge >= 0.3 is 0 Å². The second-order valence-corrected chi connectivity index (χ2v) is 8.68. The van der Waals surface area contributed by atoms with Gasteiger partial charge in [-0.1, -0.05) is 24.3 Å². The maximum atomic E-state index is 13.7. The van der Waals surface area contributed by atoms with Crippen molar-refractivity contribution in [2.45, 2.75) is 45.4 Å². The van der Waals surface area contributed by atoms with Crippen molar-refractivity contribution in [3.05, 3.63) is 101 Å². The molecular formula is C24H25F2N5O. The highest BCUT2D eigenvalue weighted by Gasteiger charge is 2.32. The molecule has 0 aliphatic rings. The van der Waals surface area contributed by atoms with E-state index in [1.54, 1.807) is 35.2 Å². The third-order valence-corrected chi connectivity index (χ3v) is 5.16. The van der Waals surface area contributed by atoms with Crippen molar-refractivity contribution in [3.63, 3.8) is 0 Å². The fraction of sp³-hybridized carbons (Fsp3) is 0.292. The van der Waals surface area contributed by atoms with Gasteiger partial charge in [-0.25, -0.2) is 13.5 Å². The van der Waals surface area contributed by atoms with Gasteiger partial charge in [0.15, 0.2) is 5.82 Å². The second-order valence-electron chi connectivity index (χ2n) is 8.68. The molecule has 166 valence electrons. The number of tetrazole rings is 1. The van der Waals surface area contributed by atoms with E-state index < -0.39 is 6.04 Å². The number of nitrogens with zero attached hydrogens (tertiary/aromatic N) is 5. The molecule has 0 saturated carbocycles. The molecule has 1 atom stereocenters. The summed E-state index contributed by atoms with van der Waals surface area (Å²) in [5.41, 5.74) is 1.38. The van der Waals surface area contributed by atoms with Crippen molar-refractivity contribution in [1.82, 2.24) is 25.1 Å². The van der Waals surface area contributed by atoms with Gasteiger partial charge in [0, 0.05) is 6.54 Å². The number of hydrogen-bond acceptors (Lipinski definition) is 5. The number of hydrogen-bond donors (Lipinski definition) is 0. The Morgan fingerprint density at radius 2 is 1.59 bits per heavy atom.